The Bertz CT molecular complexity index is 660. The number of benzene rings is 2. The fraction of sp³-hybridized carbons (Fsp3) is 0.200. The van der Waals surface area contributed by atoms with E-state index in [0.717, 1.165) is 15.6 Å². The Morgan fingerprint density at radius 1 is 1.15 bits per heavy atom. The number of halogens is 3. The fourth-order valence-corrected chi connectivity index (χ4v) is 3.11. The molecule has 1 heterocycles. The van der Waals surface area contributed by atoms with Gasteiger partial charge in [-0.25, -0.2) is 4.39 Å². The molecule has 3 rings (SSSR count). The first-order valence-corrected chi connectivity index (χ1v) is 7.72. The lowest BCUT2D eigenvalue weighted by molar-refractivity contribution is 0.0656. The Hall–Kier alpha value is -0.910. The fourth-order valence-electron chi connectivity index (χ4n) is 2.33. The number of fused-ring (bicyclic) bond motifs is 1. The van der Waals surface area contributed by atoms with Crippen LogP contribution in [-0.2, 0) is 0 Å². The van der Waals surface area contributed by atoms with Crippen LogP contribution in [0.25, 0.3) is 0 Å². The molecule has 1 N–H and O–H groups in total. The molecular formula is C15H11Br2FO2. The van der Waals surface area contributed by atoms with Crippen molar-refractivity contribution < 1.29 is 14.2 Å². The van der Waals surface area contributed by atoms with Crippen LogP contribution in [0.3, 0.4) is 0 Å². The summed E-state index contributed by atoms with van der Waals surface area (Å²) in [6.07, 6.45) is -0.428. The average molecular weight is 402 g/mol. The second-order valence-corrected chi connectivity index (χ2v) is 6.48. The van der Waals surface area contributed by atoms with E-state index in [1.165, 1.54) is 6.07 Å². The molecule has 0 bridgehead atoms. The molecule has 0 spiro atoms. The molecule has 0 fully saturated rings. The number of rotatable bonds is 1. The molecule has 0 aromatic heterocycles. The molecule has 0 amide bonds. The van der Waals surface area contributed by atoms with Crippen LogP contribution in [0.15, 0.2) is 45.3 Å². The summed E-state index contributed by atoms with van der Waals surface area (Å²) in [6.45, 7) is 0. The molecule has 2 nitrogen and oxygen atoms in total. The van der Waals surface area contributed by atoms with Crippen molar-refractivity contribution in [3.05, 3.63) is 62.3 Å². The Balaban J connectivity index is 1.94. The third-order valence-corrected chi connectivity index (χ3v) is 4.45. The Labute approximate surface area is 132 Å². The van der Waals surface area contributed by atoms with Gasteiger partial charge in [-0.15, -0.1) is 0 Å². The second kappa shape index (κ2) is 5.47. The lowest BCUT2D eigenvalue weighted by Gasteiger charge is -2.30. The minimum absolute atomic E-state index is 0.282. The van der Waals surface area contributed by atoms with Crippen molar-refractivity contribution in [2.24, 2.45) is 0 Å². The normalized spacial score (nSPS) is 21.2. The van der Waals surface area contributed by atoms with E-state index in [0.29, 0.717) is 16.6 Å². The van der Waals surface area contributed by atoms with E-state index in [1.54, 1.807) is 12.1 Å². The molecule has 104 valence electrons. The van der Waals surface area contributed by atoms with Crippen LogP contribution >= 0.6 is 31.9 Å². The molecule has 0 aliphatic carbocycles. The molecule has 20 heavy (non-hydrogen) atoms. The molecule has 5 heteroatoms. The standard InChI is InChI=1S/C15H11Br2FO2/c16-9-2-4-14-10(6-9)13(19)7-15(20-14)8-1-3-12(18)11(17)5-8/h1-6,13,15,19H,7H2. The van der Waals surface area contributed by atoms with Gasteiger partial charge in [0.05, 0.1) is 10.6 Å². The lowest BCUT2D eigenvalue weighted by Crippen LogP contribution is -2.19. The molecule has 0 saturated carbocycles. The van der Waals surface area contributed by atoms with Gasteiger partial charge in [0.25, 0.3) is 0 Å². The van der Waals surface area contributed by atoms with Gasteiger partial charge >= 0.3 is 0 Å². The van der Waals surface area contributed by atoms with E-state index in [9.17, 15) is 9.50 Å². The van der Waals surface area contributed by atoms with Crippen molar-refractivity contribution in [1.82, 2.24) is 0 Å². The van der Waals surface area contributed by atoms with Gasteiger partial charge in [0.15, 0.2) is 0 Å². The van der Waals surface area contributed by atoms with Crippen molar-refractivity contribution >= 4 is 31.9 Å². The van der Waals surface area contributed by atoms with E-state index in [1.807, 2.05) is 18.2 Å². The van der Waals surface area contributed by atoms with Crippen LogP contribution < -0.4 is 4.74 Å². The number of aliphatic hydroxyl groups is 1. The Morgan fingerprint density at radius 3 is 2.70 bits per heavy atom. The van der Waals surface area contributed by atoms with Gasteiger partial charge in [-0.3, -0.25) is 0 Å². The monoisotopic (exact) mass is 400 g/mol. The van der Waals surface area contributed by atoms with E-state index in [-0.39, 0.29) is 11.9 Å². The first-order chi connectivity index (χ1) is 9.54. The molecular weight excluding hydrogens is 391 g/mol. The van der Waals surface area contributed by atoms with E-state index < -0.39 is 6.10 Å². The van der Waals surface area contributed by atoms with Gasteiger partial charge < -0.3 is 9.84 Å². The topological polar surface area (TPSA) is 29.5 Å². The maximum absolute atomic E-state index is 13.3. The van der Waals surface area contributed by atoms with Crippen LogP contribution in [0.1, 0.15) is 29.8 Å². The number of hydrogen-bond donors (Lipinski definition) is 1. The first-order valence-electron chi connectivity index (χ1n) is 6.13. The van der Waals surface area contributed by atoms with Gasteiger partial charge in [-0.1, -0.05) is 22.0 Å². The highest BCUT2D eigenvalue weighted by Crippen LogP contribution is 2.42. The molecule has 0 saturated heterocycles. The van der Waals surface area contributed by atoms with Gasteiger partial charge in [-0.05, 0) is 51.8 Å². The molecule has 2 atom stereocenters. The molecule has 2 unspecified atom stereocenters. The van der Waals surface area contributed by atoms with Crippen molar-refractivity contribution in [1.29, 1.82) is 0 Å². The number of aliphatic hydroxyl groups excluding tert-OH is 1. The second-order valence-electron chi connectivity index (χ2n) is 4.71. The summed E-state index contributed by atoms with van der Waals surface area (Å²) in [6, 6.07) is 10.3. The van der Waals surface area contributed by atoms with Gasteiger partial charge in [0, 0.05) is 16.5 Å². The lowest BCUT2D eigenvalue weighted by atomic mass is 9.95. The highest BCUT2D eigenvalue weighted by Gasteiger charge is 2.28. The first kappa shape index (κ1) is 14.0. The summed E-state index contributed by atoms with van der Waals surface area (Å²) in [7, 11) is 0. The summed E-state index contributed by atoms with van der Waals surface area (Å²) in [5.74, 6) is 0.354. The SMILES string of the molecule is OC1CC(c2ccc(F)c(Br)c2)Oc2ccc(Br)cc21. The van der Waals surface area contributed by atoms with E-state index in [2.05, 4.69) is 31.9 Å². The molecule has 0 radical (unpaired) electrons. The van der Waals surface area contributed by atoms with Crippen molar-refractivity contribution in [2.75, 3.05) is 0 Å². The van der Waals surface area contributed by atoms with Gasteiger partial charge in [0.2, 0.25) is 0 Å². The van der Waals surface area contributed by atoms with Crippen molar-refractivity contribution in [2.45, 2.75) is 18.6 Å². The van der Waals surface area contributed by atoms with Crippen LogP contribution in [0.4, 0.5) is 4.39 Å². The van der Waals surface area contributed by atoms with Crippen LogP contribution in [-0.4, -0.2) is 5.11 Å². The summed E-state index contributed by atoms with van der Waals surface area (Å²) in [5, 5.41) is 10.3. The zero-order valence-corrected chi connectivity index (χ0v) is 13.5. The summed E-state index contributed by atoms with van der Waals surface area (Å²) < 4.78 is 20.5. The van der Waals surface area contributed by atoms with Crippen LogP contribution in [0.5, 0.6) is 5.75 Å². The van der Waals surface area contributed by atoms with Crippen molar-refractivity contribution in [3.8, 4) is 5.75 Å². The highest BCUT2D eigenvalue weighted by molar-refractivity contribution is 9.10. The van der Waals surface area contributed by atoms with Crippen LogP contribution in [0.2, 0.25) is 0 Å². The summed E-state index contributed by atoms with van der Waals surface area (Å²) in [5.41, 5.74) is 1.61. The summed E-state index contributed by atoms with van der Waals surface area (Å²) >= 11 is 6.55. The third-order valence-electron chi connectivity index (χ3n) is 3.35. The smallest absolute Gasteiger partial charge is 0.137 e. The Kier molecular flexibility index (Phi) is 3.84. The predicted octanol–water partition coefficient (Wildman–Crippen LogP) is 4.91. The number of ether oxygens (including phenoxy) is 1. The molecule has 1 aliphatic rings. The third kappa shape index (κ3) is 2.62. The highest BCUT2D eigenvalue weighted by atomic mass is 79.9. The Morgan fingerprint density at radius 2 is 1.95 bits per heavy atom. The van der Waals surface area contributed by atoms with Gasteiger partial charge in [-0.2, -0.15) is 0 Å². The average Bonchev–Trinajstić information content (AvgIpc) is 2.42. The quantitative estimate of drug-likeness (QED) is 0.735. The maximum Gasteiger partial charge on any atom is 0.137 e. The predicted molar refractivity (Wildman–Crippen MR) is 81.2 cm³/mol. The zero-order valence-electron chi connectivity index (χ0n) is 10.3. The van der Waals surface area contributed by atoms with Crippen LogP contribution in [0, 0.1) is 5.82 Å². The summed E-state index contributed by atoms with van der Waals surface area (Å²) in [4.78, 5) is 0. The maximum atomic E-state index is 13.3. The molecule has 2 aromatic rings. The minimum Gasteiger partial charge on any atom is -0.485 e. The van der Waals surface area contributed by atoms with Gasteiger partial charge in [0.1, 0.15) is 17.7 Å². The largest absolute Gasteiger partial charge is 0.485 e. The minimum atomic E-state index is -0.593. The van der Waals surface area contributed by atoms with E-state index >= 15 is 0 Å². The van der Waals surface area contributed by atoms with Crippen molar-refractivity contribution in [3.63, 3.8) is 0 Å². The van der Waals surface area contributed by atoms with E-state index in [4.69, 9.17) is 4.74 Å². The molecule has 2 aromatic carbocycles. The number of hydrogen-bond acceptors (Lipinski definition) is 2. The zero-order chi connectivity index (χ0) is 14.3. The molecule has 1 aliphatic heterocycles.